The zero-order valence-electron chi connectivity index (χ0n) is 19.1. The second-order valence-electron chi connectivity index (χ2n) is 8.15. The minimum atomic E-state index is -2.83. The zero-order chi connectivity index (χ0) is 22.2. The Morgan fingerprint density at radius 1 is 1.31 bits per heavy atom. The van der Waals surface area contributed by atoms with Crippen molar-refractivity contribution in [2.75, 3.05) is 50.8 Å². The summed E-state index contributed by atoms with van der Waals surface area (Å²) in [5, 5.41) is 6.84. The standard InChI is InChI=1S/C22H35F2N5O2.HI/c1-4-25-22(26-13-16(2)29-11-12-30-15-17(29)3)27-18-9-10-28(14-18)19-7-5-6-8-20(19)31-21(23)24;/h5-8,16-18,21H,4,9-15H2,1-3H3,(H2,25,26,27);1H. The van der Waals surface area contributed by atoms with Crippen molar-refractivity contribution in [1.82, 2.24) is 15.5 Å². The van der Waals surface area contributed by atoms with Crippen LogP contribution in [0.3, 0.4) is 0 Å². The summed E-state index contributed by atoms with van der Waals surface area (Å²) in [7, 11) is 0. The molecule has 0 amide bonds. The molecule has 2 aliphatic rings. The van der Waals surface area contributed by atoms with E-state index in [-0.39, 0.29) is 35.8 Å². The zero-order valence-corrected chi connectivity index (χ0v) is 21.4. The van der Waals surface area contributed by atoms with Crippen molar-refractivity contribution in [3.05, 3.63) is 24.3 Å². The Morgan fingerprint density at radius 2 is 2.09 bits per heavy atom. The first-order valence-electron chi connectivity index (χ1n) is 11.1. The number of nitrogens with zero attached hydrogens (tertiary/aromatic N) is 3. The van der Waals surface area contributed by atoms with Crippen LogP contribution in [0.5, 0.6) is 5.75 Å². The highest BCUT2D eigenvalue weighted by atomic mass is 127. The van der Waals surface area contributed by atoms with Gasteiger partial charge in [-0.15, -0.1) is 24.0 Å². The number of guanidine groups is 1. The van der Waals surface area contributed by atoms with E-state index in [9.17, 15) is 8.78 Å². The first kappa shape index (κ1) is 26.8. The third-order valence-corrected chi connectivity index (χ3v) is 5.79. The maximum Gasteiger partial charge on any atom is 0.387 e. The van der Waals surface area contributed by atoms with Gasteiger partial charge in [0.05, 0.1) is 25.4 Å². The van der Waals surface area contributed by atoms with Crippen LogP contribution in [-0.2, 0) is 4.74 Å². The molecule has 2 heterocycles. The molecule has 1 aromatic carbocycles. The number of anilines is 1. The summed E-state index contributed by atoms with van der Waals surface area (Å²) in [6.07, 6.45) is 0.892. The monoisotopic (exact) mass is 567 g/mol. The molecular weight excluding hydrogens is 531 g/mol. The molecule has 7 nitrogen and oxygen atoms in total. The predicted octanol–water partition coefficient (Wildman–Crippen LogP) is 3.15. The van der Waals surface area contributed by atoms with Gasteiger partial charge in [0, 0.05) is 44.3 Å². The number of rotatable bonds is 8. The van der Waals surface area contributed by atoms with Gasteiger partial charge in [0.1, 0.15) is 5.75 Å². The Kier molecular flexibility index (Phi) is 11.2. The Balaban J connectivity index is 0.00000363. The fourth-order valence-electron chi connectivity index (χ4n) is 4.25. The SMILES string of the molecule is CCNC(=NCC(C)N1CCOCC1C)NC1CCN(c2ccccc2OC(F)F)C1.I. The smallest absolute Gasteiger partial charge is 0.387 e. The van der Waals surface area contributed by atoms with Crippen LogP contribution in [-0.4, -0.2) is 81.5 Å². The van der Waals surface area contributed by atoms with E-state index >= 15 is 0 Å². The number of halogens is 3. The highest BCUT2D eigenvalue weighted by molar-refractivity contribution is 14.0. The van der Waals surface area contributed by atoms with Crippen LogP contribution < -0.4 is 20.3 Å². The molecular formula is C22H36F2IN5O2. The molecule has 0 aliphatic carbocycles. The summed E-state index contributed by atoms with van der Waals surface area (Å²) in [4.78, 5) is 9.33. The quantitative estimate of drug-likeness (QED) is 0.286. The fraction of sp³-hybridized carbons (Fsp3) is 0.682. The van der Waals surface area contributed by atoms with E-state index in [1.54, 1.807) is 12.1 Å². The first-order chi connectivity index (χ1) is 15.0. The second-order valence-corrected chi connectivity index (χ2v) is 8.15. The van der Waals surface area contributed by atoms with E-state index in [0.29, 0.717) is 30.9 Å². The average molecular weight is 567 g/mol. The molecule has 0 spiro atoms. The summed E-state index contributed by atoms with van der Waals surface area (Å²) >= 11 is 0. The van der Waals surface area contributed by atoms with Crippen molar-refractivity contribution in [3.63, 3.8) is 0 Å². The van der Waals surface area contributed by atoms with Gasteiger partial charge >= 0.3 is 6.61 Å². The molecule has 2 fully saturated rings. The van der Waals surface area contributed by atoms with Gasteiger partial charge in [-0.2, -0.15) is 8.78 Å². The van der Waals surface area contributed by atoms with E-state index in [2.05, 4.69) is 34.3 Å². The molecule has 0 radical (unpaired) electrons. The fourth-order valence-corrected chi connectivity index (χ4v) is 4.25. The van der Waals surface area contributed by atoms with Gasteiger partial charge in [-0.1, -0.05) is 12.1 Å². The molecule has 3 atom stereocenters. The predicted molar refractivity (Wildman–Crippen MR) is 135 cm³/mol. The summed E-state index contributed by atoms with van der Waals surface area (Å²) < 4.78 is 35.7. The molecule has 3 rings (SSSR count). The normalized spacial score (nSPS) is 23.1. The lowest BCUT2D eigenvalue weighted by molar-refractivity contribution is -0.0495. The number of alkyl halides is 2. The van der Waals surface area contributed by atoms with E-state index in [1.807, 2.05) is 19.1 Å². The minimum absolute atomic E-state index is 0. The lowest BCUT2D eigenvalue weighted by Gasteiger charge is -2.37. The Labute approximate surface area is 206 Å². The largest absolute Gasteiger partial charge is 0.433 e. The number of hydrogen-bond donors (Lipinski definition) is 2. The van der Waals surface area contributed by atoms with E-state index in [4.69, 9.17) is 14.5 Å². The third kappa shape index (κ3) is 7.58. The lowest BCUT2D eigenvalue weighted by Crippen LogP contribution is -2.50. The Morgan fingerprint density at radius 3 is 2.81 bits per heavy atom. The van der Waals surface area contributed by atoms with Crippen molar-refractivity contribution in [1.29, 1.82) is 0 Å². The van der Waals surface area contributed by atoms with E-state index in [1.165, 1.54) is 0 Å². The molecule has 32 heavy (non-hydrogen) atoms. The maximum atomic E-state index is 12.7. The van der Waals surface area contributed by atoms with Gasteiger partial charge in [0.25, 0.3) is 0 Å². The summed E-state index contributed by atoms with van der Waals surface area (Å²) in [6, 6.07) is 7.86. The summed E-state index contributed by atoms with van der Waals surface area (Å²) in [5.74, 6) is 1.01. The van der Waals surface area contributed by atoms with Crippen LogP contribution >= 0.6 is 24.0 Å². The van der Waals surface area contributed by atoms with Gasteiger partial charge in [0.15, 0.2) is 5.96 Å². The summed E-state index contributed by atoms with van der Waals surface area (Å²) in [6.45, 7) is 9.00. The summed E-state index contributed by atoms with van der Waals surface area (Å²) in [5.41, 5.74) is 0.698. The molecule has 0 bridgehead atoms. The molecule has 3 unspecified atom stereocenters. The van der Waals surface area contributed by atoms with Gasteiger partial charge in [-0.05, 0) is 39.3 Å². The number of ether oxygens (including phenoxy) is 2. The number of hydrogen-bond acceptors (Lipinski definition) is 5. The number of aliphatic imine (C=N–C) groups is 1. The Hall–Kier alpha value is -1.40. The highest BCUT2D eigenvalue weighted by Crippen LogP contribution is 2.31. The van der Waals surface area contributed by atoms with Crippen LogP contribution in [0, 0.1) is 0 Å². The average Bonchev–Trinajstić information content (AvgIpc) is 3.20. The molecule has 0 aromatic heterocycles. The number of para-hydroxylation sites is 2. The van der Waals surface area contributed by atoms with Crippen molar-refractivity contribution in [3.8, 4) is 5.75 Å². The third-order valence-electron chi connectivity index (χ3n) is 5.79. The van der Waals surface area contributed by atoms with Crippen LogP contribution in [0.15, 0.2) is 29.3 Å². The molecule has 2 saturated heterocycles. The van der Waals surface area contributed by atoms with Crippen molar-refractivity contribution < 1.29 is 18.3 Å². The number of benzene rings is 1. The number of nitrogens with one attached hydrogen (secondary N) is 2. The molecule has 10 heteroatoms. The van der Waals surface area contributed by atoms with Gasteiger partial charge in [-0.3, -0.25) is 9.89 Å². The second kappa shape index (κ2) is 13.3. The molecule has 0 saturated carbocycles. The Bertz CT molecular complexity index is 727. The number of morpholine rings is 1. The van der Waals surface area contributed by atoms with Crippen molar-refractivity contribution >= 4 is 35.6 Å². The first-order valence-corrected chi connectivity index (χ1v) is 11.1. The maximum absolute atomic E-state index is 12.7. The molecule has 1 aromatic rings. The minimum Gasteiger partial charge on any atom is -0.433 e. The van der Waals surface area contributed by atoms with Crippen molar-refractivity contribution in [2.45, 2.75) is 51.9 Å². The van der Waals surface area contributed by atoms with E-state index < -0.39 is 6.61 Å². The van der Waals surface area contributed by atoms with Crippen LogP contribution in [0.2, 0.25) is 0 Å². The van der Waals surface area contributed by atoms with Crippen molar-refractivity contribution in [2.24, 2.45) is 4.99 Å². The molecule has 2 aliphatic heterocycles. The topological polar surface area (TPSA) is 61.4 Å². The van der Waals surface area contributed by atoms with Crippen LogP contribution in [0.25, 0.3) is 0 Å². The highest BCUT2D eigenvalue weighted by Gasteiger charge is 2.27. The van der Waals surface area contributed by atoms with Gasteiger partial charge in [0.2, 0.25) is 0 Å². The van der Waals surface area contributed by atoms with Gasteiger partial charge in [-0.25, -0.2) is 0 Å². The molecule has 182 valence electrons. The van der Waals surface area contributed by atoms with Crippen LogP contribution in [0.1, 0.15) is 27.2 Å². The molecule has 2 N–H and O–H groups in total. The van der Waals surface area contributed by atoms with E-state index in [0.717, 1.165) is 45.2 Å². The van der Waals surface area contributed by atoms with Gasteiger partial charge < -0.3 is 25.0 Å². The lowest BCUT2D eigenvalue weighted by atomic mass is 10.2. The van der Waals surface area contributed by atoms with Crippen LogP contribution in [0.4, 0.5) is 14.5 Å².